The van der Waals surface area contributed by atoms with Crippen molar-refractivity contribution in [1.29, 1.82) is 0 Å². The summed E-state index contributed by atoms with van der Waals surface area (Å²) in [5.74, 6) is -0.573. The summed E-state index contributed by atoms with van der Waals surface area (Å²) in [5, 5.41) is 0. The number of rotatable bonds is 5. The zero-order valence-electron chi connectivity index (χ0n) is 14.2. The van der Waals surface area contributed by atoms with Gasteiger partial charge in [0.2, 0.25) is 0 Å². The van der Waals surface area contributed by atoms with Gasteiger partial charge in [-0.3, -0.25) is 4.79 Å². The Morgan fingerprint density at radius 2 is 1.95 bits per heavy atom. The van der Waals surface area contributed by atoms with Crippen LogP contribution in [0.1, 0.15) is 58.2 Å². The molecule has 0 saturated carbocycles. The van der Waals surface area contributed by atoms with Crippen molar-refractivity contribution < 1.29 is 18.8 Å². The fraction of sp³-hybridized carbons (Fsp3) is 0.733. The van der Waals surface area contributed by atoms with E-state index in [1.807, 2.05) is 34.6 Å². The summed E-state index contributed by atoms with van der Waals surface area (Å²) < 4.78 is 17.3. The number of hydrogen-bond acceptors (Lipinski definition) is 5. The molecule has 1 atom stereocenters. The molecule has 1 fully saturated rings. The van der Waals surface area contributed by atoms with Crippen LogP contribution in [0.4, 0.5) is 0 Å². The predicted octanol–water partition coefficient (Wildman–Crippen LogP) is 2.39. The molecule has 22 heavy (non-hydrogen) atoms. The number of aryl methyl sites for hydroxylation is 1. The molecule has 0 spiro atoms. The lowest BCUT2D eigenvalue weighted by Gasteiger charge is -2.32. The maximum absolute atomic E-state index is 12.0. The SMILES string of the molecule is CCOC(=O)CC(B1OC(C)(C)C(C)(C)O1)c1nc[nH]c1C. The molecule has 0 bridgehead atoms. The highest BCUT2D eigenvalue weighted by atomic mass is 16.7. The van der Waals surface area contributed by atoms with Gasteiger partial charge in [-0.1, -0.05) is 0 Å². The molecular weight excluding hydrogens is 283 g/mol. The molecule has 0 aliphatic carbocycles. The first-order valence-corrected chi connectivity index (χ1v) is 7.69. The van der Waals surface area contributed by atoms with Gasteiger partial charge < -0.3 is 19.0 Å². The minimum atomic E-state index is -0.531. The molecule has 7 heteroatoms. The van der Waals surface area contributed by atoms with Crippen molar-refractivity contribution in [3.63, 3.8) is 0 Å². The summed E-state index contributed by atoms with van der Waals surface area (Å²) in [5.41, 5.74) is 0.791. The first kappa shape index (κ1) is 17.0. The number of nitrogens with one attached hydrogen (secondary N) is 1. The number of H-pyrrole nitrogens is 1. The normalized spacial score (nSPS) is 20.9. The highest BCUT2D eigenvalue weighted by Gasteiger charge is 2.55. The van der Waals surface area contributed by atoms with E-state index in [2.05, 4.69) is 9.97 Å². The van der Waals surface area contributed by atoms with Gasteiger partial charge in [-0.15, -0.1) is 0 Å². The van der Waals surface area contributed by atoms with Gasteiger partial charge in [-0.25, -0.2) is 4.98 Å². The molecule has 6 nitrogen and oxygen atoms in total. The number of nitrogens with zero attached hydrogens (tertiary/aromatic N) is 1. The van der Waals surface area contributed by atoms with Gasteiger partial charge in [0.25, 0.3) is 0 Å². The highest BCUT2D eigenvalue weighted by molar-refractivity contribution is 6.48. The van der Waals surface area contributed by atoms with E-state index in [1.165, 1.54) is 0 Å². The number of aromatic nitrogens is 2. The van der Waals surface area contributed by atoms with Crippen molar-refractivity contribution in [3.05, 3.63) is 17.7 Å². The number of carbonyl (C=O) groups excluding carboxylic acids is 1. The molecule has 1 unspecified atom stereocenters. The fourth-order valence-electron chi connectivity index (χ4n) is 2.52. The molecule has 1 aliphatic rings. The minimum absolute atomic E-state index is 0.177. The van der Waals surface area contributed by atoms with Crippen LogP contribution in [0.25, 0.3) is 0 Å². The number of aromatic amines is 1. The fourth-order valence-corrected chi connectivity index (χ4v) is 2.52. The summed E-state index contributed by atoms with van der Waals surface area (Å²) in [7, 11) is -0.531. The maximum atomic E-state index is 12.0. The van der Waals surface area contributed by atoms with Crippen molar-refractivity contribution in [3.8, 4) is 0 Å². The molecule has 1 aromatic heterocycles. The number of hydrogen-bond donors (Lipinski definition) is 1. The van der Waals surface area contributed by atoms with Crippen molar-refractivity contribution >= 4 is 13.1 Å². The van der Waals surface area contributed by atoms with Gasteiger partial charge >= 0.3 is 13.1 Å². The molecular formula is C15H25BN2O4. The highest BCUT2D eigenvalue weighted by Crippen LogP contribution is 2.41. The Morgan fingerprint density at radius 3 is 2.41 bits per heavy atom. The average molecular weight is 308 g/mol. The zero-order valence-corrected chi connectivity index (χ0v) is 14.2. The van der Waals surface area contributed by atoms with Gasteiger partial charge in [0, 0.05) is 11.5 Å². The second-order valence-corrected chi connectivity index (χ2v) is 6.65. The maximum Gasteiger partial charge on any atom is 0.468 e. The number of carbonyl (C=O) groups is 1. The number of imidazole rings is 1. The lowest BCUT2D eigenvalue weighted by atomic mass is 9.67. The van der Waals surface area contributed by atoms with Gasteiger partial charge in [0.1, 0.15) is 0 Å². The van der Waals surface area contributed by atoms with Crippen LogP contribution in [-0.2, 0) is 18.8 Å². The van der Waals surface area contributed by atoms with E-state index in [0.29, 0.717) is 6.61 Å². The van der Waals surface area contributed by atoms with Crippen LogP contribution in [0, 0.1) is 6.92 Å². The van der Waals surface area contributed by atoms with Crippen molar-refractivity contribution in [2.75, 3.05) is 6.61 Å². The lowest BCUT2D eigenvalue weighted by molar-refractivity contribution is -0.143. The van der Waals surface area contributed by atoms with Crippen molar-refractivity contribution in [2.45, 2.75) is 65.0 Å². The molecule has 0 radical (unpaired) electrons. The van der Waals surface area contributed by atoms with Gasteiger partial charge in [0.15, 0.2) is 0 Å². The van der Waals surface area contributed by atoms with Crippen LogP contribution in [0.2, 0.25) is 0 Å². The summed E-state index contributed by atoms with van der Waals surface area (Å²) in [6.07, 6.45) is 1.80. The summed E-state index contributed by atoms with van der Waals surface area (Å²) in [4.78, 5) is 19.4. The number of esters is 1. The van der Waals surface area contributed by atoms with Crippen LogP contribution in [0.3, 0.4) is 0 Å². The third-order valence-corrected chi connectivity index (χ3v) is 4.51. The molecule has 2 rings (SSSR count). The Kier molecular flexibility index (Phi) is 4.68. The van der Waals surface area contributed by atoms with Crippen molar-refractivity contribution in [2.24, 2.45) is 0 Å². The lowest BCUT2D eigenvalue weighted by Crippen LogP contribution is -2.41. The van der Waals surface area contributed by atoms with E-state index in [0.717, 1.165) is 11.4 Å². The second-order valence-electron chi connectivity index (χ2n) is 6.65. The molecule has 1 aromatic rings. The van der Waals surface area contributed by atoms with Crippen LogP contribution in [0.15, 0.2) is 6.33 Å². The van der Waals surface area contributed by atoms with E-state index < -0.39 is 18.3 Å². The van der Waals surface area contributed by atoms with E-state index in [-0.39, 0.29) is 18.2 Å². The minimum Gasteiger partial charge on any atom is -0.466 e. The topological polar surface area (TPSA) is 73.4 Å². The van der Waals surface area contributed by atoms with Crippen molar-refractivity contribution in [1.82, 2.24) is 9.97 Å². The van der Waals surface area contributed by atoms with E-state index >= 15 is 0 Å². The standard InChI is InChI=1S/C15H25BN2O4/c1-7-20-12(19)8-11(13-10(2)17-9-18-13)16-21-14(3,4)15(5,6)22-16/h9,11H,7-8H2,1-6H3,(H,17,18). The molecule has 122 valence electrons. The van der Waals surface area contributed by atoms with E-state index in [1.54, 1.807) is 13.3 Å². The smallest absolute Gasteiger partial charge is 0.466 e. The predicted molar refractivity (Wildman–Crippen MR) is 83.4 cm³/mol. The van der Waals surface area contributed by atoms with E-state index in [4.69, 9.17) is 14.0 Å². The van der Waals surface area contributed by atoms with E-state index in [9.17, 15) is 4.79 Å². The Morgan fingerprint density at radius 1 is 1.36 bits per heavy atom. The first-order valence-electron chi connectivity index (χ1n) is 7.69. The molecule has 1 saturated heterocycles. The quantitative estimate of drug-likeness (QED) is 0.668. The molecule has 1 aliphatic heterocycles. The summed E-state index contributed by atoms with van der Waals surface area (Å²) in [6.45, 7) is 12.0. The molecule has 0 amide bonds. The summed E-state index contributed by atoms with van der Waals surface area (Å²) >= 11 is 0. The average Bonchev–Trinajstić information content (AvgIpc) is 2.89. The molecule has 0 aromatic carbocycles. The van der Waals surface area contributed by atoms with Crippen LogP contribution in [0.5, 0.6) is 0 Å². The Hall–Kier alpha value is -1.34. The Bertz CT molecular complexity index is 525. The largest absolute Gasteiger partial charge is 0.468 e. The summed E-state index contributed by atoms with van der Waals surface area (Å²) in [6, 6.07) is 0. The third kappa shape index (κ3) is 3.20. The third-order valence-electron chi connectivity index (χ3n) is 4.51. The zero-order chi connectivity index (χ0) is 16.5. The van der Waals surface area contributed by atoms with Gasteiger partial charge in [-0.2, -0.15) is 0 Å². The monoisotopic (exact) mass is 308 g/mol. The van der Waals surface area contributed by atoms with Gasteiger partial charge in [0.05, 0.1) is 36.3 Å². The van der Waals surface area contributed by atoms with Crippen LogP contribution >= 0.6 is 0 Å². The molecule has 2 heterocycles. The Balaban J connectivity index is 2.26. The van der Waals surface area contributed by atoms with Crippen LogP contribution in [-0.4, -0.2) is 40.9 Å². The number of ether oxygens (including phenoxy) is 1. The first-order chi connectivity index (χ1) is 10.2. The van der Waals surface area contributed by atoms with Crippen LogP contribution < -0.4 is 0 Å². The molecule has 1 N–H and O–H groups in total. The Labute approximate surface area is 132 Å². The van der Waals surface area contributed by atoms with Gasteiger partial charge in [-0.05, 0) is 41.5 Å². The second kappa shape index (κ2) is 6.04.